The zero-order valence-corrected chi connectivity index (χ0v) is 10.6. The number of morpholine rings is 1. The average Bonchev–Trinajstić information content (AvgIpc) is 2.66. The third-order valence-corrected chi connectivity index (χ3v) is 3.35. The van der Waals surface area contributed by atoms with Gasteiger partial charge in [0.05, 0.1) is 6.61 Å². The Morgan fingerprint density at radius 2 is 2.12 bits per heavy atom. The molecule has 1 heterocycles. The highest BCUT2D eigenvalue weighted by Gasteiger charge is 2.33. The summed E-state index contributed by atoms with van der Waals surface area (Å²) in [7, 11) is 0. The predicted molar refractivity (Wildman–Crippen MR) is 64.9 cm³/mol. The van der Waals surface area contributed by atoms with Crippen LogP contribution >= 0.6 is 12.4 Å². The van der Waals surface area contributed by atoms with Gasteiger partial charge in [0.15, 0.2) is 0 Å². The van der Waals surface area contributed by atoms with Crippen LogP contribution in [0, 0.1) is 0 Å². The highest BCUT2D eigenvalue weighted by molar-refractivity contribution is 5.85. The van der Waals surface area contributed by atoms with Crippen molar-refractivity contribution in [1.29, 1.82) is 0 Å². The Labute approximate surface area is 103 Å². The number of hydrogen-bond acceptors (Lipinski definition) is 3. The van der Waals surface area contributed by atoms with Crippen LogP contribution in [-0.2, 0) is 9.53 Å². The standard InChI is InChI=1S/C11H20N2O2.ClH/c1-11(4-2-3-5-11)13-10(14)9-8-12-6-7-15-9;/h9,12H,2-8H2,1H3,(H,13,14);1H/t9-;/m1./s1. The summed E-state index contributed by atoms with van der Waals surface area (Å²) in [4.78, 5) is 11.9. The van der Waals surface area contributed by atoms with E-state index in [4.69, 9.17) is 4.74 Å². The van der Waals surface area contributed by atoms with Crippen molar-refractivity contribution in [1.82, 2.24) is 10.6 Å². The van der Waals surface area contributed by atoms with Gasteiger partial charge in [0.2, 0.25) is 0 Å². The molecule has 2 N–H and O–H groups in total. The highest BCUT2D eigenvalue weighted by atomic mass is 35.5. The number of hydrogen-bond donors (Lipinski definition) is 2. The van der Waals surface area contributed by atoms with Crippen molar-refractivity contribution in [2.75, 3.05) is 19.7 Å². The lowest BCUT2D eigenvalue weighted by Crippen LogP contribution is -2.53. The van der Waals surface area contributed by atoms with Crippen molar-refractivity contribution in [3.8, 4) is 0 Å². The number of halogens is 1. The summed E-state index contributed by atoms with van der Waals surface area (Å²) in [5.74, 6) is 0.0478. The Balaban J connectivity index is 0.00000128. The van der Waals surface area contributed by atoms with Crippen LogP contribution in [0.4, 0.5) is 0 Å². The van der Waals surface area contributed by atoms with Crippen molar-refractivity contribution in [2.24, 2.45) is 0 Å². The maximum absolute atomic E-state index is 11.9. The molecule has 0 aromatic heterocycles. The van der Waals surface area contributed by atoms with E-state index < -0.39 is 0 Å². The summed E-state index contributed by atoms with van der Waals surface area (Å²) in [6.07, 6.45) is 4.34. The number of amides is 1. The maximum atomic E-state index is 11.9. The SMILES string of the molecule is CC1(NC(=O)[C@H]2CNCCO2)CCCC1.Cl. The fourth-order valence-corrected chi connectivity index (χ4v) is 2.39. The minimum Gasteiger partial charge on any atom is -0.366 e. The number of ether oxygens (including phenoxy) is 1. The lowest BCUT2D eigenvalue weighted by atomic mass is 10.0. The van der Waals surface area contributed by atoms with E-state index in [1.165, 1.54) is 12.8 Å². The molecule has 0 bridgehead atoms. The number of carbonyl (C=O) groups excluding carboxylic acids is 1. The minimum atomic E-state index is -0.295. The van der Waals surface area contributed by atoms with E-state index in [1.807, 2.05) is 0 Å². The van der Waals surface area contributed by atoms with E-state index in [-0.39, 0.29) is 30.0 Å². The highest BCUT2D eigenvalue weighted by Crippen LogP contribution is 2.28. The molecule has 0 radical (unpaired) electrons. The summed E-state index contributed by atoms with van der Waals surface area (Å²) in [5.41, 5.74) is 0.0118. The van der Waals surface area contributed by atoms with E-state index in [2.05, 4.69) is 17.6 Å². The van der Waals surface area contributed by atoms with Crippen LogP contribution in [0.2, 0.25) is 0 Å². The monoisotopic (exact) mass is 248 g/mol. The summed E-state index contributed by atoms with van der Waals surface area (Å²) in [5, 5.41) is 6.29. The number of carbonyl (C=O) groups is 1. The van der Waals surface area contributed by atoms with Gasteiger partial charge in [-0.15, -0.1) is 12.4 Å². The number of rotatable bonds is 2. The van der Waals surface area contributed by atoms with Crippen LogP contribution in [0.3, 0.4) is 0 Å². The molecule has 1 aliphatic heterocycles. The Morgan fingerprint density at radius 1 is 1.44 bits per heavy atom. The van der Waals surface area contributed by atoms with Gasteiger partial charge in [-0.2, -0.15) is 0 Å². The van der Waals surface area contributed by atoms with Crippen molar-refractivity contribution in [3.05, 3.63) is 0 Å². The molecule has 0 unspecified atom stereocenters. The second kappa shape index (κ2) is 5.84. The lowest BCUT2D eigenvalue weighted by Gasteiger charge is -2.30. The van der Waals surface area contributed by atoms with E-state index in [0.29, 0.717) is 13.2 Å². The maximum Gasteiger partial charge on any atom is 0.250 e. The number of nitrogens with one attached hydrogen (secondary N) is 2. The van der Waals surface area contributed by atoms with Gasteiger partial charge in [0.1, 0.15) is 6.10 Å². The van der Waals surface area contributed by atoms with Crippen LogP contribution in [0.5, 0.6) is 0 Å². The van der Waals surface area contributed by atoms with Gasteiger partial charge in [-0.25, -0.2) is 0 Å². The van der Waals surface area contributed by atoms with Crippen LogP contribution in [0.1, 0.15) is 32.6 Å². The largest absolute Gasteiger partial charge is 0.366 e. The van der Waals surface area contributed by atoms with Crippen molar-refractivity contribution < 1.29 is 9.53 Å². The van der Waals surface area contributed by atoms with Gasteiger partial charge >= 0.3 is 0 Å². The van der Waals surface area contributed by atoms with E-state index in [1.54, 1.807) is 0 Å². The fourth-order valence-electron chi connectivity index (χ4n) is 2.39. The summed E-state index contributed by atoms with van der Waals surface area (Å²) in [6, 6.07) is 0. The van der Waals surface area contributed by atoms with Crippen LogP contribution < -0.4 is 10.6 Å². The van der Waals surface area contributed by atoms with Gasteiger partial charge < -0.3 is 15.4 Å². The second-order valence-corrected chi connectivity index (χ2v) is 4.82. The molecule has 1 saturated heterocycles. The zero-order chi connectivity index (χ0) is 10.7. The molecule has 2 fully saturated rings. The van der Waals surface area contributed by atoms with Crippen LogP contribution in [0.25, 0.3) is 0 Å². The average molecular weight is 249 g/mol. The third kappa shape index (κ3) is 3.34. The molecular weight excluding hydrogens is 228 g/mol. The predicted octanol–water partition coefficient (Wildman–Crippen LogP) is 0.845. The summed E-state index contributed by atoms with van der Waals surface area (Å²) < 4.78 is 5.42. The molecule has 1 atom stereocenters. The summed E-state index contributed by atoms with van der Waals surface area (Å²) >= 11 is 0. The first-order valence-electron chi connectivity index (χ1n) is 5.84. The Hall–Kier alpha value is -0.320. The van der Waals surface area contributed by atoms with Crippen molar-refractivity contribution >= 4 is 18.3 Å². The summed E-state index contributed by atoms with van der Waals surface area (Å²) in [6.45, 7) is 4.26. The molecule has 2 aliphatic rings. The van der Waals surface area contributed by atoms with Crippen molar-refractivity contribution in [3.63, 3.8) is 0 Å². The van der Waals surface area contributed by atoms with Crippen molar-refractivity contribution in [2.45, 2.75) is 44.2 Å². The Kier molecular flexibility index (Phi) is 5.02. The fraction of sp³-hybridized carbons (Fsp3) is 0.909. The molecule has 1 amide bonds. The van der Waals surface area contributed by atoms with E-state index >= 15 is 0 Å². The topological polar surface area (TPSA) is 50.4 Å². The molecule has 1 aliphatic carbocycles. The molecular formula is C11H21ClN2O2. The van der Waals surface area contributed by atoms with Gasteiger partial charge in [-0.05, 0) is 19.8 Å². The first-order valence-corrected chi connectivity index (χ1v) is 5.84. The molecule has 4 nitrogen and oxygen atoms in total. The first-order chi connectivity index (χ1) is 7.20. The van der Waals surface area contributed by atoms with Gasteiger partial charge in [-0.3, -0.25) is 4.79 Å². The molecule has 94 valence electrons. The van der Waals surface area contributed by atoms with E-state index in [0.717, 1.165) is 19.4 Å². The van der Waals surface area contributed by atoms with Crippen LogP contribution in [-0.4, -0.2) is 37.2 Å². The minimum absolute atomic E-state index is 0. The quantitative estimate of drug-likeness (QED) is 0.762. The normalized spacial score (nSPS) is 28.2. The molecule has 16 heavy (non-hydrogen) atoms. The van der Waals surface area contributed by atoms with Gasteiger partial charge in [0, 0.05) is 18.6 Å². The second-order valence-electron chi connectivity index (χ2n) is 4.82. The zero-order valence-electron chi connectivity index (χ0n) is 9.75. The Bertz CT molecular complexity index is 236. The molecule has 5 heteroatoms. The Morgan fingerprint density at radius 3 is 2.69 bits per heavy atom. The van der Waals surface area contributed by atoms with Gasteiger partial charge in [-0.1, -0.05) is 12.8 Å². The molecule has 2 rings (SSSR count). The van der Waals surface area contributed by atoms with Crippen LogP contribution in [0.15, 0.2) is 0 Å². The van der Waals surface area contributed by atoms with E-state index in [9.17, 15) is 4.79 Å². The van der Waals surface area contributed by atoms with Gasteiger partial charge in [0.25, 0.3) is 5.91 Å². The molecule has 0 aromatic rings. The lowest BCUT2D eigenvalue weighted by molar-refractivity contribution is -0.136. The third-order valence-electron chi connectivity index (χ3n) is 3.35. The molecule has 1 saturated carbocycles. The first kappa shape index (κ1) is 13.7. The molecule has 0 spiro atoms. The smallest absolute Gasteiger partial charge is 0.250 e. The molecule has 0 aromatic carbocycles.